The second kappa shape index (κ2) is 6.93. The first-order valence-electron chi connectivity index (χ1n) is 9.66. The molecule has 3 aromatic heterocycles. The molecule has 1 aliphatic carbocycles. The van der Waals surface area contributed by atoms with Gasteiger partial charge in [0.05, 0.1) is 40.7 Å². The minimum absolute atomic E-state index is 0.135. The third-order valence-corrected chi connectivity index (χ3v) is 5.38. The summed E-state index contributed by atoms with van der Waals surface area (Å²) in [5, 5.41) is 4.22. The Bertz CT molecular complexity index is 1310. The van der Waals surface area contributed by atoms with Crippen molar-refractivity contribution in [2.45, 2.75) is 31.6 Å². The monoisotopic (exact) mass is 426 g/mol. The Balaban J connectivity index is 1.66. The van der Waals surface area contributed by atoms with Crippen LogP contribution in [0.4, 0.5) is 19.0 Å². The van der Waals surface area contributed by atoms with Gasteiger partial charge in [-0.25, -0.2) is 9.50 Å². The lowest BCUT2D eigenvalue weighted by atomic mass is 10.0. The number of pyridine rings is 1. The third kappa shape index (κ3) is 3.43. The predicted molar refractivity (Wildman–Crippen MR) is 108 cm³/mol. The minimum atomic E-state index is -4.59. The van der Waals surface area contributed by atoms with Crippen LogP contribution in [-0.4, -0.2) is 36.9 Å². The van der Waals surface area contributed by atoms with Gasteiger partial charge in [0.15, 0.2) is 0 Å². The van der Waals surface area contributed by atoms with Gasteiger partial charge in [0.2, 0.25) is 6.41 Å². The summed E-state index contributed by atoms with van der Waals surface area (Å²) >= 11 is 0. The van der Waals surface area contributed by atoms with Gasteiger partial charge in [0.25, 0.3) is 0 Å². The van der Waals surface area contributed by atoms with Gasteiger partial charge < -0.3 is 10.6 Å². The largest absolute Gasteiger partial charge is 0.418 e. The van der Waals surface area contributed by atoms with Gasteiger partial charge in [-0.1, -0.05) is 6.07 Å². The van der Waals surface area contributed by atoms with Crippen LogP contribution in [0.25, 0.3) is 27.8 Å². The highest BCUT2D eigenvalue weighted by molar-refractivity contribution is 5.86. The lowest BCUT2D eigenvalue weighted by molar-refractivity contribution is -0.137. The summed E-state index contributed by atoms with van der Waals surface area (Å²) < 4.78 is 42.8. The van der Waals surface area contributed by atoms with Crippen LogP contribution in [-0.2, 0) is 17.5 Å². The van der Waals surface area contributed by atoms with E-state index in [2.05, 4.69) is 15.1 Å². The molecule has 0 saturated heterocycles. The van der Waals surface area contributed by atoms with Crippen LogP contribution in [0.15, 0.2) is 42.6 Å². The average molecular weight is 426 g/mol. The summed E-state index contributed by atoms with van der Waals surface area (Å²) in [6.07, 6.45) is -0.528. The van der Waals surface area contributed by atoms with Crippen molar-refractivity contribution >= 4 is 28.8 Å². The molecule has 1 aliphatic rings. The first kappa shape index (κ1) is 19.3. The molecule has 7 nitrogen and oxygen atoms in total. The maximum absolute atomic E-state index is 13.7. The average Bonchev–Trinajstić information content (AvgIpc) is 3.46. The second-order valence-corrected chi connectivity index (χ2v) is 7.53. The van der Waals surface area contributed by atoms with Crippen LogP contribution in [0.3, 0.4) is 0 Å². The number of nitrogens with two attached hydrogens (primary N) is 1. The predicted octanol–water partition coefficient (Wildman–Crippen LogP) is 3.67. The number of aromatic nitrogens is 4. The third-order valence-electron chi connectivity index (χ3n) is 5.38. The van der Waals surface area contributed by atoms with Gasteiger partial charge >= 0.3 is 6.18 Å². The zero-order valence-electron chi connectivity index (χ0n) is 16.2. The van der Waals surface area contributed by atoms with Gasteiger partial charge in [0.1, 0.15) is 11.3 Å². The number of carbonyl (C=O) groups is 1. The van der Waals surface area contributed by atoms with E-state index in [1.807, 2.05) is 0 Å². The zero-order chi connectivity index (χ0) is 21.8. The smallest absolute Gasteiger partial charge is 0.382 e. The summed E-state index contributed by atoms with van der Waals surface area (Å²) in [6, 6.07) is 8.85. The van der Waals surface area contributed by atoms with Crippen molar-refractivity contribution in [2.24, 2.45) is 0 Å². The van der Waals surface area contributed by atoms with Gasteiger partial charge in [-0.3, -0.25) is 9.78 Å². The van der Waals surface area contributed by atoms with E-state index in [4.69, 9.17) is 5.73 Å². The normalized spacial score (nSPS) is 14.3. The van der Waals surface area contributed by atoms with Crippen LogP contribution >= 0.6 is 0 Å². The highest BCUT2D eigenvalue weighted by Gasteiger charge is 2.35. The van der Waals surface area contributed by atoms with Crippen LogP contribution in [0.5, 0.6) is 0 Å². The summed E-state index contributed by atoms with van der Waals surface area (Å²) in [7, 11) is 0. The Morgan fingerprint density at radius 3 is 2.65 bits per heavy atom. The Labute approximate surface area is 174 Å². The van der Waals surface area contributed by atoms with Crippen LogP contribution in [0, 0.1) is 0 Å². The number of fused-ring (bicyclic) bond motifs is 3. The molecule has 2 N–H and O–H groups in total. The van der Waals surface area contributed by atoms with Crippen LogP contribution in [0.2, 0.25) is 0 Å². The van der Waals surface area contributed by atoms with E-state index in [0.29, 0.717) is 22.2 Å². The fourth-order valence-corrected chi connectivity index (χ4v) is 3.69. The van der Waals surface area contributed by atoms with E-state index >= 15 is 0 Å². The molecular formula is C21H17F3N6O. The Morgan fingerprint density at radius 2 is 1.94 bits per heavy atom. The number of alkyl halides is 3. The van der Waals surface area contributed by atoms with Crippen molar-refractivity contribution < 1.29 is 18.0 Å². The van der Waals surface area contributed by atoms with Crippen molar-refractivity contribution in [3.63, 3.8) is 0 Å². The van der Waals surface area contributed by atoms with Crippen molar-refractivity contribution in [2.75, 3.05) is 5.73 Å². The van der Waals surface area contributed by atoms with Crippen molar-refractivity contribution in [1.29, 1.82) is 0 Å². The molecule has 0 atom stereocenters. The molecule has 5 rings (SSSR count). The lowest BCUT2D eigenvalue weighted by Gasteiger charge is -2.18. The number of hydrogen-bond acceptors (Lipinski definition) is 5. The van der Waals surface area contributed by atoms with Crippen molar-refractivity contribution in [1.82, 2.24) is 24.5 Å². The molecule has 1 amide bonds. The SMILES string of the molecule is Nc1nc2ccc(-c3nc(CN(C=O)C4CC4)ccc3C(F)(F)F)cc2n2nccc12. The molecule has 3 heterocycles. The number of amides is 1. The minimum Gasteiger partial charge on any atom is -0.382 e. The van der Waals surface area contributed by atoms with Gasteiger partial charge in [0, 0.05) is 11.6 Å². The maximum Gasteiger partial charge on any atom is 0.418 e. The number of carbonyl (C=O) groups excluding carboxylic acids is 1. The molecular weight excluding hydrogens is 409 g/mol. The summed E-state index contributed by atoms with van der Waals surface area (Å²) in [5.41, 5.74) is 7.13. The van der Waals surface area contributed by atoms with E-state index in [-0.39, 0.29) is 29.7 Å². The quantitative estimate of drug-likeness (QED) is 0.492. The number of nitrogens with zero attached hydrogens (tertiary/aromatic N) is 5. The first-order valence-corrected chi connectivity index (χ1v) is 9.66. The number of anilines is 1. The molecule has 0 spiro atoms. The highest BCUT2D eigenvalue weighted by atomic mass is 19.4. The molecule has 1 fully saturated rings. The van der Waals surface area contributed by atoms with E-state index in [0.717, 1.165) is 25.3 Å². The van der Waals surface area contributed by atoms with Crippen LogP contribution < -0.4 is 5.73 Å². The summed E-state index contributed by atoms with van der Waals surface area (Å²) in [6.45, 7) is 0.161. The fraction of sp³-hybridized carbons (Fsp3) is 0.238. The second-order valence-electron chi connectivity index (χ2n) is 7.53. The molecule has 1 saturated carbocycles. The number of halogens is 3. The molecule has 0 bridgehead atoms. The van der Waals surface area contributed by atoms with E-state index in [1.54, 1.807) is 33.8 Å². The number of rotatable bonds is 5. The summed E-state index contributed by atoms with van der Waals surface area (Å²) in [5.74, 6) is 0.280. The fourth-order valence-electron chi connectivity index (χ4n) is 3.69. The molecule has 4 aromatic rings. The Morgan fingerprint density at radius 1 is 1.13 bits per heavy atom. The number of hydrogen-bond donors (Lipinski definition) is 1. The first-order chi connectivity index (χ1) is 14.8. The standard InChI is InChI=1S/C21H17F3N6O/c22-21(23,24)15-5-2-13(10-29(11-31)14-3-4-14)27-19(15)12-1-6-16-18(9-12)30-17(7-8-26-30)20(25)28-16/h1-2,5-9,11,14H,3-4,10H2,(H2,25,28). The Hall–Kier alpha value is -3.69. The van der Waals surface area contributed by atoms with Gasteiger partial charge in [-0.2, -0.15) is 18.3 Å². The highest BCUT2D eigenvalue weighted by Crippen LogP contribution is 2.37. The molecule has 0 aliphatic heterocycles. The maximum atomic E-state index is 13.7. The summed E-state index contributed by atoms with van der Waals surface area (Å²) in [4.78, 5) is 21.5. The Kier molecular flexibility index (Phi) is 4.31. The molecule has 0 radical (unpaired) electrons. The van der Waals surface area contributed by atoms with E-state index in [9.17, 15) is 18.0 Å². The molecule has 0 unspecified atom stereocenters. The van der Waals surface area contributed by atoms with Crippen molar-refractivity contribution in [3.8, 4) is 11.3 Å². The molecule has 1 aromatic carbocycles. The number of nitrogen functional groups attached to an aromatic ring is 1. The van der Waals surface area contributed by atoms with E-state index < -0.39 is 11.7 Å². The zero-order valence-corrected chi connectivity index (χ0v) is 16.2. The van der Waals surface area contributed by atoms with E-state index in [1.165, 1.54) is 12.1 Å². The number of benzene rings is 1. The van der Waals surface area contributed by atoms with Crippen LogP contribution in [0.1, 0.15) is 24.1 Å². The molecule has 31 heavy (non-hydrogen) atoms. The topological polar surface area (TPSA) is 89.4 Å². The van der Waals surface area contributed by atoms with Gasteiger partial charge in [-0.05, 0) is 43.2 Å². The molecule has 158 valence electrons. The lowest BCUT2D eigenvalue weighted by Crippen LogP contribution is -2.24. The van der Waals surface area contributed by atoms with Gasteiger partial charge in [-0.15, -0.1) is 0 Å². The molecule has 10 heteroatoms. The van der Waals surface area contributed by atoms with Crippen molar-refractivity contribution in [3.05, 3.63) is 53.9 Å².